The molecule has 17 heavy (non-hydrogen) atoms. The zero-order chi connectivity index (χ0) is 14.2. The van der Waals surface area contributed by atoms with Crippen LogP contribution >= 0.6 is 0 Å². The summed E-state index contributed by atoms with van der Waals surface area (Å²) < 4.78 is 0. The van der Waals surface area contributed by atoms with Crippen LogP contribution in [0.2, 0.25) is 0 Å². The van der Waals surface area contributed by atoms with Crippen molar-refractivity contribution < 1.29 is 9.59 Å². The van der Waals surface area contributed by atoms with E-state index < -0.39 is 6.04 Å². The minimum Gasteiger partial charge on any atom is -0.328 e. The summed E-state index contributed by atoms with van der Waals surface area (Å²) in [6.45, 7) is 13.8. The van der Waals surface area contributed by atoms with E-state index in [1.807, 2.05) is 41.5 Å². The molecule has 0 aromatic rings. The largest absolute Gasteiger partial charge is 0.328 e. The van der Waals surface area contributed by atoms with Crippen molar-refractivity contribution in [3.05, 3.63) is 0 Å². The Morgan fingerprint density at radius 3 is 1.88 bits per heavy atom. The Balaban J connectivity index is 0. The summed E-state index contributed by atoms with van der Waals surface area (Å²) in [5.41, 5.74) is -0.254. The topological polar surface area (TPSA) is 49.4 Å². The highest BCUT2D eigenvalue weighted by Gasteiger charge is 2.30. The zero-order valence-corrected chi connectivity index (χ0v) is 12.5. The van der Waals surface area contributed by atoms with Crippen molar-refractivity contribution in [2.75, 3.05) is 13.6 Å². The number of hydrogen-bond donors (Lipinski definition) is 1. The highest BCUT2D eigenvalue weighted by atomic mass is 16.2. The molecule has 4 nitrogen and oxygen atoms in total. The molecule has 102 valence electrons. The minimum absolute atomic E-state index is 0.0136. The molecule has 0 rings (SSSR count). The molecule has 0 fully saturated rings. The average molecular weight is 244 g/mol. The van der Waals surface area contributed by atoms with Gasteiger partial charge in [-0.3, -0.25) is 4.79 Å². The van der Waals surface area contributed by atoms with Gasteiger partial charge in [0.2, 0.25) is 0 Å². The number of Topliss-reactive ketones (excluding diaryl/α,β-unsaturated/α-hetero) is 1. The highest BCUT2D eigenvalue weighted by molar-refractivity contribution is 5.87. The van der Waals surface area contributed by atoms with E-state index in [1.54, 1.807) is 11.9 Å². The first kappa shape index (κ1) is 18.3. The predicted octanol–water partition coefficient (Wildman–Crippen LogP) is 2.68. The molecular weight excluding hydrogens is 216 g/mol. The molecule has 0 aromatic carbocycles. The van der Waals surface area contributed by atoms with Gasteiger partial charge in [0.1, 0.15) is 0 Å². The second-order valence-corrected chi connectivity index (χ2v) is 4.87. The Morgan fingerprint density at radius 1 is 1.24 bits per heavy atom. The van der Waals surface area contributed by atoms with Gasteiger partial charge < -0.3 is 10.2 Å². The van der Waals surface area contributed by atoms with Gasteiger partial charge >= 0.3 is 6.03 Å². The first-order chi connectivity index (χ1) is 7.70. The predicted molar refractivity (Wildman–Crippen MR) is 72.1 cm³/mol. The van der Waals surface area contributed by atoms with Crippen molar-refractivity contribution in [3.8, 4) is 0 Å². The van der Waals surface area contributed by atoms with Gasteiger partial charge in [0.25, 0.3) is 0 Å². The fourth-order valence-electron chi connectivity index (χ4n) is 1.31. The maximum Gasteiger partial charge on any atom is 0.317 e. The third kappa shape index (κ3) is 6.97. The van der Waals surface area contributed by atoms with Crippen LogP contribution < -0.4 is 5.32 Å². The Labute approximate surface area is 106 Å². The van der Waals surface area contributed by atoms with E-state index >= 15 is 0 Å². The lowest BCUT2D eigenvalue weighted by atomic mass is 9.84. The quantitative estimate of drug-likeness (QED) is 0.829. The van der Waals surface area contributed by atoms with Crippen LogP contribution in [0.4, 0.5) is 4.79 Å². The third-order valence-corrected chi connectivity index (χ3v) is 2.36. The van der Waals surface area contributed by atoms with E-state index in [1.165, 1.54) is 6.92 Å². The molecule has 4 heteroatoms. The molecule has 1 atom stereocenters. The lowest BCUT2D eigenvalue weighted by Gasteiger charge is -2.30. The number of rotatable bonds is 3. The van der Waals surface area contributed by atoms with Crippen LogP contribution in [0.15, 0.2) is 0 Å². The van der Waals surface area contributed by atoms with Crippen LogP contribution in [0.5, 0.6) is 0 Å². The SMILES string of the molecule is CC.CCN(C)C(=O)NC(C(C)=O)C(C)(C)C. The number of carbonyl (C=O) groups excluding carboxylic acids is 2. The monoisotopic (exact) mass is 244 g/mol. The van der Waals surface area contributed by atoms with Gasteiger partial charge in [0.05, 0.1) is 6.04 Å². The molecule has 1 unspecified atom stereocenters. The van der Waals surface area contributed by atoms with Gasteiger partial charge in [0, 0.05) is 13.6 Å². The second kappa shape index (κ2) is 8.09. The van der Waals surface area contributed by atoms with Gasteiger partial charge in [-0.05, 0) is 19.3 Å². The number of nitrogens with zero attached hydrogens (tertiary/aromatic N) is 1. The van der Waals surface area contributed by atoms with Crippen molar-refractivity contribution in [2.24, 2.45) is 5.41 Å². The minimum atomic E-state index is -0.431. The molecule has 1 N–H and O–H groups in total. The van der Waals surface area contributed by atoms with Crippen molar-refractivity contribution in [3.63, 3.8) is 0 Å². The Kier molecular flexibility index (Phi) is 8.72. The summed E-state index contributed by atoms with van der Waals surface area (Å²) in [5, 5.41) is 2.74. The normalized spacial score (nSPS) is 12.0. The summed E-state index contributed by atoms with van der Waals surface area (Å²) in [4.78, 5) is 24.5. The van der Waals surface area contributed by atoms with E-state index in [0.717, 1.165) is 0 Å². The van der Waals surface area contributed by atoms with Crippen molar-refractivity contribution in [1.29, 1.82) is 0 Å². The number of amides is 2. The Bertz CT molecular complexity index is 244. The van der Waals surface area contributed by atoms with E-state index in [2.05, 4.69) is 5.32 Å². The van der Waals surface area contributed by atoms with E-state index in [0.29, 0.717) is 6.54 Å². The lowest BCUT2D eigenvalue weighted by molar-refractivity contribution is -0.121. The summed E-state index contributed by atoms with van der Waals surface area (Å²) in [6, 6.07) is -0.633. The number of nitrogens with one attached hydrogen (secondary N) is 1. The molecule has 0 bridgehead atoms. The summed E-state index contributed by atoms with van der Waals surface area (Å²) in [5.74, 6) is -0.0136. The number of ketones is 1. The number of carbonyl (C=O) groups is 2. The van der Waals surface area contributed by atoms with Crippen LogP contribution in [0.3, 0.4) is 0 Å². The highest BCUT2D eigenvalue weighted by Crippen LogP contribution is 2.20. The number of urea groups is 1. The maximum atomic E-state index is 11.6. The molecule has 0 aliphatic carbocycles. The summed E-state index contributed by atoms with van der Waals surface area (Å²) in [7, 11) is 1.70. The third-order valence-electron chi connectivity index (χ3n) is 2.36. The lowest BCUT2D eigenvalue weighted by Crippen LogP contribution is -2.51. The van der Waals surface area contributed by atoms with Gasteiger partial charge in [-0.2, -0.15) is 0 Å². The van der Waals surface area contributed by atoms with E-state index in [-0.39, 0.29) is 17.2 Å². The van der Waals surface area contributed by atoms with Gasteiger partial charge in [-0.15, -0.1) is 0 Å². The van der Waals surface area contributed by atoms with Crippen molar-refractivity contribution >= 4 is 11.8 Å². The molecule has 0 radical (unpaired) electrons. The zero-order valence-electron chi connectivity index (χ0n) is 12.5. The first-order valence-electron chi connectivity index (χ1n) is 6.22. The van der Waals surface area contributed by atoms with Crippen LogP contribution in [-0.2, 0) is 4.79 Å². The second-order valence-electron chi connectivity index (χ2n) is 4.87. The molecule has 0 saturated heterocycles. The van der Waals surface area contributed by atoms with Crippen LogP contribution in [-0.4, -0.2) is 36.3 Å². The molecule has 0 spiro atoms. The molecule has 2 amide bonds. The molecule has 0 heterocycles. The standard InChI is InChI=1S/C11H22N2O2.C2H6/c1-7-13(6)10(15)12-9(8(2)14)11(3,4)5;1-2/h9H,7H2,1-6H3,(H,12,15);1-2H3. The van der Waals surface area contributed by atoms with E-state index in [4.69, 9.17) is 0 Å². The summed E-state index contributed by atoms with van der Waals surface area (Å²) >= 11 is 0. The fourth-order valence-corrected chi connectivity index (χ4v) is 1.31. The van der Waals surface area contributed by atoms with Crippen LogP contribution in [0, 0.1) is 5.41 Å². The van der Waals surface area contributed by atoms with Crippen molar-refractivity contribution in [1.82, 2.24) is 10.2 Å². The van der Waals surface area contributed by atoms with Gasteiger partial charge in [-0.1, -0.05) is 34.6 Å². The molecule has 0 aliphatic rings. The van der Waals surface area contributed by atoms with E-state index in [9.17, 15) is 9.59 Å². The fraction of sp³-hybridized carbons (Fsp3) is 0.846. The Hall–Kier alpha value is -1.06. The molecule has 0 saturated carbocycles. The smallest absolute Gasteiger partial charge is 0.317 e. The Morgan fingerprint density at radius 2 is 1.65 bits per heavy atom. The molecule has 0 aromatic heterocycles. The van der Waals surface area contributed by atoms with Gasteiger partial charge in [0.15, 0.2) is 5.78 Å². The first-order valence-corrected chi connectivity index (χ1v) is 6.22. The van der Waals surface area contributed by atoms with Crippen LogP contribution in [0.25, 0.3) is 0 Å². The maximum absolute atomic E-state index is 11.6. The van der Waals surface area contributed by atoms with Crippen LogP contribution in [0.1, 0.15) is 48.5 Å². The molecule has 0 aliphatic heterocycles. The molecular formula is C13H28N2O2. The average Bonchev–Trinajstić information content (AvgIpc) is 2.25. The van der Waals surface area contributed by atoms with Gasteiger partial charge in [-0.25, -0.2) is 4.79 Å². The number of hydrogen-bond acceptors (Lipinski definition) is 2. The van der Waals surface area contributed by atoms with Crippen molar-refractivity contribution in [2.45, 2.75) is 54.5 Å². The summed E-state index contributed by atoms with van der Waals surface area (Å²) in [6.07, 6.45) is 0.